The smallest absolute Gasteiger partial charge is 0.251 e. The van der Waals surface area contributed by atoms with Crippen LogP contribution in [0, 0.1) is 0 Å². The van der Waals surface area contributed by atoms with Crippen molar-refractivity contribution in [3.63, 3.8) is 0 Å². The molecule has 3 N–H and O–H groups in total. The van der Waals surface area contributed by atoms with Crippen LogP contribution in [0.1, 0.15) is 28.0 Å². The highest BCUT2D eigenvalue weighted by atomic mass is 32.2. The molecule has 0 unspecified atom stereocenters. The number of aromatic nitrogens is 2. The van der Waals surface area contributed by atoms with Crippen molar-refractivity contribution >= 4 is 15.9 Å². The van der Waals surface area contributed by atoms with Crippen LogP contribution in [-0.2, 0) is 30.0 Å². The van der Waals surface area contributed by atoms with E-state index in [9.17, 15) is 13.2 Å². The number of allylic oxidation sites excluding steroid dienone is 1. The van der Waals surface area contributed by atoms with Crippen molar-refractivity contribution in [2.24, 2.45) is 12.2 Å². The van der Waals surface area contributed by atoms with Gasteiger partial charge >= 0.3 is 0 Å². The predicted octanol–water partition coefficient (Wildman–Crippen LogP) is 1.12. The van der Waals surface area contributed by atoms with Crippen LogP contribution in [0.2, 0.25) is 0 Å². The maximum atomic E-state index is 12.2. The van der Waals surface area contributed by atoms with Gasteiger partial charge in [0.15, 0.2) is 0 Å². The number of aryl methyl sites for hydroxylation is 2. The van der Waals surface area contributed by atoms with Crippen LogP contribution < -0.4 is 10.5 Å². The van der Waals surface area contributed by atoms with Gasteiger partial charge in [-0.2, -0.15) is 5.10 Å². The fourth-order valence-electron chi connectivity index (χ4n) is 2.23. The molecule has 1 heterocycles. The summed E-state index contributed by atoms with van der Waals surface area (Å²) in [7, 11) is -2.30. The lowest BCUT2D eigenvalue weighted by molar-refractivity contribution is 0.0950. The number of primary sulfonamides is 1. The first-order valence-electron chi connectivity index (χ1n) is 7.34. The molecule has 8 heteroatoms. The summed E-state index contributed by atoms with van der Waals surface area (Å²) in [4.78, 5) is 12.1. The molecule has 1 amide bonds. The highest BCUT2D eigenvalue weighted by Crippen LogP contribution is 2.12. The molecule has 24 heavy (non-hydrogen) atoms. The van der Waals surface area contributed by atoms with E-state index >= 15 is 0 Å². The SMILES string of the molecule is C=CCCc1ccc(C(=O)NCc2nn(C)cc2S(N)(=O)=O)cc1. The zero-order chi connectivity index (χ0) is 17.7. The van der Waals surface area contributed by atoms with Crippen molar-refractivity contribution < 1.29 is 13.2 Å². The predicted molar refractivity (Wildman–Crippen MR) is 90.7 cm³/mol. The fourth-order valence-corrected chi connectivity index (χ4v) is 2.97. The highest BCUT2D eigenvalue weighted by Gasteiger charge is 2.18. The van der Waals surface area contributed by atoms with Gasteiger partial charge in [0.1, 0.15) is 10.6 Å². The number of nitrogens with one attached hydrogen (secondary N) is 1. The third-order valence-corrected chi connectivity index (χ3v) is 4.40. The van der Waals surface area contributed by atoms with Crippen molar-refractivity contribution in [3.05, 3.63) is 59.9 Å². The molecule has 7 nitrogen and oxygen atoms in total. The first-order valence-corrected chi connectivity index (χ1v) is 8.89. The molecule has 0 aliphatic rings. The molecule has 0 saturated carbocycles. The molecular formula is C16H20N4O3S. The van der Waals surface area contributed by atoms with Crippen LogP contribution in [-0.4, -0.2) is 24.1 Å². The molecule has 2 rings (SSSR count). The number of sulfonamides is 1. The second kappa shape index (κ2) is 7.41. The Bertz CT molecular complexity index is 839. The number of nitrogens with two attached hydrogens (primary N) is 1. The van der Waals surface area contributed by atoms with Crippen molar-refractivity contribution in [1.29, 1.82) is 0 Å². The molecular weight excluding hydrogens is 328 g/mol. The standard InChI is InChI=1S/C16H20N4O3S/c1-3-4-5-12-6-8-13(9-7-12)16(21)18-10-14-15(24(17,22)23)11-20(2)19-14/h3,6-9,11H,1,4-5,10H2,2H3,(H,18,21)(H2,17,22,23). The van der Waals surface area contributed by atoms with E-state index in [1.54, 1.807) is 19.2 Å². The van der Waals surface area contributed by atoms with Gasteiger partial charge in [-0.1, -0.05) is 18.2 Å². The maximum absolute atomic E-state index is 12.2. The van der Waals surface area contributed by atoms with E-state index in [2.05, 4.69) is 17.0 Å². The summed E-state index contributed by atoms with van der Waals surface area (Å²) in [5, 5.41) is 11.8. The van der Waals surface area contributed by atoms with Crippen molar-refractivity contribution in [1.82, 2.24) is 15.1 Å². The number of hydrogen-bond donors (Lipinski definition) is 2. The van der Waals surface area contributed by atoms with Crippen molar-refractivity contribution in [2.75, 3.05) is 0 Å². The Morgan fingerprint density at radius 2 is 2.04 bits per heavy atom. The minimum atomic E-state index is -3.88. The highest BCUT2D eigenvalue weighted by molar-refractivity contribution is 7.89. The van der Waals surface area contributed by atoms with Crippen LogP contribution in [0.3, 0.4) is 0 Å². The molecule has 0 saturated heterocycles. The third-order valence-electron chi connectivity index (χ3n) is 3.44. The molecule has 0 aliphatic heterocycles. The lowest BCUT2D eigenvalue weighted by Gasteiger charge is -2.06. The number of nitrogens with zero attached hydrogens (tertiary/aromatic N) is 2. The average Bonchev–Trinajstić information content (AvgIpc) is 2.92. The first kappa shape index (κ1) is 17.9. The van der Waals surface area contributed by atoms with Gasteiger partial charge in [0.25, 0.3) is 5.91 Å². The number of carbonyl (C=O) groups is 1. The third kappa shape index (κ3) is 4.53. The van der Waals surface area contributed by atoms with Gasteiger partial charge in [-0.3, -0.25) is 9.48 Å². The second-order valence-corrected chi connectivity index (χ2v) is 6.90. The number of carbonyl (C=O) groups excluding carboxylic acids is 1. The maximum Gasteiger partial charge on any atom is 0.251 e. The van der Waals surface area contributed by atoms with Crippen LogP contribution >= 0.6 is 0 Å². The molecule has 0 atom stereocenters. The number of amides is 1. The summed E-state index contributed by atoms with van der Waals surface area (Å²) in [6, 6.07) is 7.23. The molecule has 0 fully saturated rings. The largest absolute Gasteiger partial charge is 0.346 e. The second-order valence-electron chi connectivity index (χ2n) is 5.37. The Hall–Kier alpha value is -2.45. The van der Waals surface area contributed by atoms with Gasteiger partial charge in [-0.05, 0) is 30.5 Å². The molecule has 128 valence electrons. The van der Waals surface area contributed by atoms with Crippen molar-refractivity contribution in [3.8, 4) is 0 Å². The van der Waals surface area contributed by atoms with Crippen molar-refractivity contribution in [2.45, 2.75) is 24.3 Å². The Kier molecular flexibility index (Phi) is 5.53. The fraction of sp³-hybridized carbons (Fsp3) is 0.250. The van der Waals surface area contributed by atoms with E-state index in [1.165, 1.54) is 10.9 Å². The van der Waals surface area contributed by atoms with Crippen LogP contribution in [0.4, 0.5) is 0 Å². The number of rotatable bonds is 7. The minimum Gasteiger partial charge on any atom is -0.346 e. The molecule has 0 spiro atoms. The summed E-state index contributed by atoms with van der Waals surface area (Å²) in [6.07, 6.45) is 4.90. The summed E-state index contributed by atoms with van der Waals surface area (Å²) in [6.45, 7) is 3.65. The summed E-state index contributed by atoms with van der Waals surface area (Å²) in [5.74, 6) is -0.309. The summed E-state index contributed by atoms with van der Waals surface area (Å²) >= 11 is 0. The molecule has 0 radical (unpaired) electrons. The van der Waals surface area contributed by atoms with Gasteiger partial charge < -0.3 is 5.32 Å². The molecule has 0 aliphatic carbocycles. The Morgan fingerprint density at radius 1 is 1.38 bits per heavy atom. The van der Waals surface area contributed by atoms with Crippen LogP contribution in [0.25, 0.3) is 0 Å². The molecule has 1 aromatic carbocycles. The summed E-state index contributed by atoms with van der Waals surface area (Å²) < 4.78 is 24.4. The normalized spacial score (nSPS) is 11.2. The Balaban J connectivity index is 2.05. The minimum absolute atomic E-state index is 0.0242. The lowest BCUT2D eigenvalue weighted by atomic mass is 10.1. The quantitative estimate of drug-likeness (QED) is 0.731. The van der Waals surface area contributed by atoms with Gasteiger partial charge in [0, 0.05) is 18.8 Å². The van der Waals surface area contributed by atoms with Gasteiger partial charge in [0.05, 0.1) is 6.54 Å². The van der Waals surface area contributed by atoms with Gasteiger partial charge in [-0.15, -0.1) is 6.58 Å². The number of hydrogen-bond acceptors (Lipinski definition) is 4. The van der Waals surface area contributed by atoms with Gasteiger partial charge in [-0.25, -0.2) is 13.6 Å². The molecule has 2 aromatic rings. The Labute approximate surface area is 141 Å². The number of benzene rings is 1. The van der Waals surface area contributed by atoms with E-state index < -0.39 is 10.0 Å². The monoisotopic (exact) mass is 348 g/mol. The average molecular weight is 348 g/mol. The summed E-state index contributed by atoms with van der Waals surface area (Å²) in [5.41, 5.74) is 1.81. The zero-order valence-corrected chi connectivity index (χ0v) is 14.2. The molecule has 1 aromatic heterocycles. The van der Waals surface area contributed by atoms with E-state index in [0.29, 0.717) is 5.56 Å². The first-order chi connectivity index (χ1) is 11.3. The van der Waals surface area contributed by atoms with Crippen LogP contribution in [0.5, 0.6) is 0 Å². The Morgan fingerprint density at radius 3 is 2.62 bits per heavy atom. The van der Waals surface area contributed by atoms with Gasteiger partial charge in [0.2, 0.25) is 10.0 Å². The van der Waals surface area contributed by atoms with E-state index in [-0.39, 0.29) is 23.0 Å². The van der Waals surface area contributed by atoms with E-state index in [1.807, 2.05) is 18.2 Å². The molecule has 0 bridgehead atoms. The lowest BCUT2D eigenvalue weighted by Crippen LogP contribution is -2.24. The van der Waals surface area contributed by atoms with Crippen LogP contribution in [0.15, 0.2) is 48.0 Å². The topological polar surface area (TPSA) is 107 Å². The van der Waals surface area contributed by atoms with E-state index in [0.717, 1.165) is 18.4 Å². The zero-order valence-electron chi connectivity index (χ0n) is 13.4. The van der Waals surface area contributed by atoms with E-state index in [4.69, 9.17) is 5.14 Å².